The summed E-state index contributed by atoms with van der Waals surface area (Å²) in [6.45, 7) is 0.944. The smallest absolute Gasteiger partial charge is 0.140 e. The van der Waals surface area contributed by atoms with Crippen molar-refractivity contribution in [3.05, 3.63) is 15.6 Å². The number of aromatic nitrogens is 2. The number of nitrogens with two attached hydrogens (primary N) is 1. The molecule has 13 heavy (non-hydrogen) atoms. The highest BCUT2D eigenvalue weighted by atomic mass is 127. The molecular weight excluding hydrogens is 279 g/mol. The SMILES string of the molecule is CN(C)CCc1ncc(I)c(N)n1. The van der Waals surface area contributed by atoms with E-state index >= 15 is 0 Å². The predicted octanol–water partition coefficient (Wildman–Crippen LogP) is 0.767. The number of nitrogen functional groups attached to an aromatic ring is 1. The molecular formula is C8H13IN4. The Hall–Kier alpha value is -0.430. The van der Waals surface area contributed by atoms with Crippen molar-refractivity contribution in [2.45, 2.75) is 6.42 Å². The van der Waals surface area contributed by atoms with Gasteiger partial charge in [0.05, 0.1) is 3.57 Å². The molecule has 0 aromatic carbocycles. The topological polar surface area (TPSA) is 55.0 Å². The van der Waals surface area contributed by atoms with E-state index in [1.165, 1.54) is 0 Å². The Kier molecular flexibility index (Phi) is 3.86. The van der Waals surface area contributed by atoms with Gasteiger partial charge in [-0.3, -0.25) is 0 Å². The van der Waals surface area contributed by atoms with E-state index in [4.69, 9.17) is 5.73 Å². The molecule has 0 saturated carbocycles. The standard InChI is InChI=1S/C8H13IN4/c1-13(2)4-3-7-11-5-6(9)8(10)12-7/h5H,3-4H2,1-2H3,(H2,10,11,12). The third kappa shape index (κ3) is 3.43. The number of rotatable bonds is 3. The molecule has 0 aliphatic carbocycles. The highest BCUT2D eigenvalue weighted by Gasteiger charge is 2.01. The van der Waals surface area contributed by atoms with E-state index < -0.39 is 0 Å². The van der Waals surface area contributed by atoms with E-state index in [0.29, 0.717) is 5.82 Å². The highest BCUT2D eigenvalue weighted by Crippen LogP contribution is 2.09. The molecule has 1 aromatic rings. The van der Waals surface area contributed by atoms with Gasteiger partial charge >= 0.3 is 0 Å². The summed E-state index contributed by atoms with van der Waals surface area (Å²) in [5.41, 5.74) is 5.65. The molecule has 0 aliphatic rings. The third-order valence-electron chi connectivity index (χ3n) is 1.60. The predicted molar refractivity (Wildman–Crippen MR) is 61.4 cm³/mol. The Bertz CT molecular complexity index is 287. The van der Waals surface area contributed by atoms with E-state index in [0.717, 1.165) is 22.4 Å². The van der Waals surface area contributed by atoms with Crippen LogP contribution in [0.5, 0.6) is 0 Å². The van der Waals surface area contributed by atoms with Gasteiger partial charge in [0.15, 0.2) is 0 Å². The quantitative estimate of drug-likeness (QED) is 0.836. The minimum absolute atomic E-state index is 0.573. The lowest BCUT2D eigenvalue weighted by Crippen LogP contribution is -2.16. The van der Waals surface area contributed by atoms with E-state index in [1.54, 1.807) is 6.20 Å². The maximum atomic E-state index is 5.65. The van der Waals surface area contributed by atoms with E-state index in [9.17, 15) is 0 Å². The zero-order chi connectivity index (χ0) is 9.84. The number of nitrogens with zero attached hydrogens (tertiary/aromatic N) is 3. The van der Waals surface area contributed by atoms with Gasteiger partial charge in [0.1, 0.15) is 11.6 Å². The Balaban J connectivity index is 2.63. The van der Waals surface area contributed by atoms with Crippen molar-refractivity contribution in [1.29, 1.82) is 0 Å². The Morgan fingerprint density at radius 2 is 2.23 bits per heavy atom. The van der Waals surface area contributed by atoms with Gasteiger partial charge in [0, 0.05) is 19.2 Å². The summed E-state index contributed by atoms with van der Waals surface area (Å²) in [4.78, 5) is 10.5. The molecule has 0 bridgehead atoms. The van der Waals surface area contributed by atoms with Crippen LogP contribution in [0.15, 0.2) is 6.20 Å². The first-order valence-electron chi connectivity index (χ1n) is 4.01. The molecule has 0 saturated heterocycles. The van der Waals surface area contributed by atoms with Crippen LogP contribution in [0.3, 0.4) is 0 Å². The van der Waals surface area contributed by atoms with Crippen LogP contribution >= 0.6 is 22.6 Å². The maximum Gasteiger partial charge on any atom is 0.140 e. The average molecular weight is 292 g/mol. The first-order chi connectivity index (χ1) is 6.09. The van der Waals surface area contributed by atoms with Gasteiger partial charge in [-0.2, -0.15) is 0 Å². The van der Waals surface area contributed by atoms with Crippen LogP contribution in [-0.4, -0.2) is 35.5 Å². The number of likely N-dealkylation sites (N-methyl/N-ethyl adjacent to an activating group) is 1. The second-order valence-corrected chi connectivity index (χ2v) is 4.23. The van der Waals surface area contributed by atoms with Crippen LogP contribution in [0.4, 0.5) is 5.82 Å². The van der Waals surface area contributed by atoms with Crippen molar-refractivity contribution in [3.8, 4) is 0 Å². The third-order valence-corrected chi connectivity index (χ3v) is 2.43. The highest BCUT2D eigenvalue weighted by molar-refractivity contribution is 14.1. The van der Waals surface area contributed by atoms with Crippen molar-refractivity contribution in [2.24, 2.45) is 0 Å². The second kappa shape index (κ2) is 4.71. The van der Waals surface area contributed by atoms with Crippen molar-refractivity contribution in [3.63, 3.8) is 0 Å². The summed E-state index contributed by atoms with van der Waals surface area (Å²) in [6, 6.07) is 0. The van der Waals surface area contributed by atoms with Crippen LogP contribution < -0.4 is 5.73 Å². The van der Waals surface area contributed by atoms with Gasteiger partial charge in [-0.1, -0.05) is 0 Å². The van der Waals surface area contributed by atoms with Crippen molar-refractivity contribution in [1.82, 2.24) is 14.9 Å². The first-order valence-corrected chi connectivity index (χ1v) is 5.09. The lowest BCUT2D eigenvalue weighted by atomic mass is 10.4. The minimum Gasteiger partial charge on any atom is -0.383 e. The number of halogens is 1. The summed E-state index contributed by atoms with van der Waals surface area (Å²) >= 11 is 2.12. The first kappa shape index (κ1) is 10.6. The van der Waals surface area contributed by atoms with Gasteiger partial charge < -0.3 is 10.6 Å². The molecule has 0 atom stereocenters. The lowest BCUT2D eigenvalue weighted by Gasteiger charge is -2.08. The Morgan fingerprint density at radius 3 is 2.77 bits per heavy atom. The van der Waals surface area contributed by atoms with Crippen LogP contribution in [-0.2, 0) is 6.42 Å². The summed E-state index contributed by atoms with van der Waals surface area (Å²) in [5.74, 6) is 1.39. The molecule has 0 amide bonds. The minimum atomic E-state index is 0.573. The maximum absolute atomic E-state index is 5.65. The monoisotopic (exact) mass is 292 g/mol. The molecule has 0 spiro atoms. The summed E-state index contributed by atoms with van der Waals surface area (Å²) in [7, 11) is 4.05. The molecule has 0 radical (unpaired) electrons. The summed E-state index contributed by atoms with van der Waals surface area (Å²) in [5, 5.41) is 0. The Labute approximate surface area is 91.7 Å². The van der Waals surface area contributed by atoms with Gasteiger partial charge in [0.25, 0.3) is 0 Å². The second-order valence-electron chi connectivity index (χ2n) is 3.07. The average Bonchev–Trinajstić information content (AvgIpc) is 2.07. The van der Waals surface area contributed by atoms with Gasteiger partial charge in [-0.25, -0.2) is 9.97 Å². The van der Waals surface area contributed by atoms with E-state index in [-0.39, 0.29) is 0 Å². The van der Waals surface area contributed by atoms with E-state index in [1.807, 2.05) is 14.1 Å². The fourth-order valence-corrected chi connectivity index (χ4v) is 1.12. The molecule has 72 valence electrons. The molecule has 2 N–H and O–H groups in total. The van der Waals surface area contributed by atoms with Crippen LogP contribution in [0.1, 0.15) is 5.82 Å². The van der Waals surface area contributed by atoms with Crippen molar-refractivity contribution in [2.75, 3.05) is 26.4 Å². The number of hydrogen-bond acceptors (Lipinski definition) is 4. The molecule has 4 nitrogen and oxygen atoms in total. The van der Waals surface area contributed by atoms with Crippen LogP contribution in [0.2, 0.25) is 0 Å². The number of hydrogen-bond donors (Lipinski definition) is 1. The molecule has 1 aromatic heterocycles. The van der Waals surface area contributed by atoms with Crippen LogP contribution in [0, 0.1) is 3.57 Å². The molecule has 1 heterocycles. The molecule has 0 aliphatic heterocycles. The summed E-state index contributed by atoms with van der Waals surface area (Å²) < 4.78 is 0.909. The van der Waals surface area contributed by atoms with E-state index in [2.05, 4.69) is 37.5 Å². The number of anilines is 1. The normalized spacial score (nSPS) is 10.8. The fourth-order valence-electron chi connectivity index (χ4n) is 0.863. The molecule has 5 heteroatoms. The zero-order valence-corrected chi connectivity index (χ0v) is 9.95. The zero-order valence-electron chi connectivity index (χ0n) is 7.79. The Morgan fingerprint density at radius 1 is 1.54 bits per heavy atom. The van der Waals surface area contributed by atoms with Gasteiger partial charge in [-0.05, 0) is 36.7 Å². The molecule has 0 unspecified atom stereocenters. The molecule has 0 fully saturated rings. The largest absolute Gasteiger partial charge is 0.383 e. The molecule has 1 rings (SSSR count). The van der Waals surface area contributed by atoms with Gasteiger partial charge in [0.2, 0.25) is 0 Å². The van der Waals surface area contributed by atoms with Crippen LogP contribution in [0.25, 0.3) is 0 Å². The van der Waals surface area contributed by atoms with Crippen molar-refractivity contribution >= 4 is 28.4 Å². The summed E-state index contributed by atoms with van der Waals surface area (Å²) in [6.07, 6.45) is 2.60. The lowest BCUT2D eigenvalue weighted by molar-refractivity contribution is 0.409. The van der Waals surface area contributed by atoms with Gasteiger partial charge in [-0.15, -0.1) is 0 Å². The van der Waals surface area contributed by atoms with Crippen molar-refractivity contribution < 1.29 is 0 Å². The fraction of sp³-hybridized carbons (Fsp3) is 0.500.